The van der Waals surface area contributed by atoms with Crippen molar-refractivity contribution in [1.29, 1.82) is 0 Å². The molecule has 2 rings (SSSR count). The number of halogens is 1. The van der Waals surface area contributed by atoms with E-state index < -0.39 is 6.04 Å². The van der Waals surface area contributed by atoms with Gasteiger partial charge in [0.1, 0.15) is 6.04 Å². The normalized spacial score (nSPS) is 19.6. The molecule has 114 valence electrons. The molecular weight excluding hydrogens is 334 g/mol. The lowest BCUT2D eigenvalue weighted by Crippen LogP contribution is -2.45. The summed E-state index contributed by atoms with van der Waals surface area (Å²) in [6, 6.07) is 1.53. The van der Waals surface area contributed by atoms with Crippen LogP contribution in [-0.2, 0) is 16.1 Å². The monoisotopic (exact) mass is 353 g/mol. The lowest BCUT2D eigenvalue weighted by molar-refractivity contribution is -0.134. The number of rotatable bonds is 4. The van der Waals surface area contributed by atoms with Crippen LogP contribution < -0.4 is 5.32 Å². The molecule has 1 atom stereocenters. The highest BCUT2D eigenvalue weighted by atomic mass is 79.9. The van der Waals surface area contributed by atoms with Gasteiger partial charge in [0.2, 0.25) is 11.8 Å². The van der Waals surface area contributed by atoms with Crippen molar-refractivity contribution in [1.82, 2.24) is 15.2 Å². The van der Waals surface area contributed by atoms with Gasteiger partial charge < -0.3 is 10.2 Å². The van der Waals surface area contributed by atoms with Crippen molar-refractivity contribution in [3.05, 3.63) is 28.5 Å². The fourth-order valence-corrected chi connectivity index (χ4v) is 2.86. The molecule has 0 spiro atoms. The third-order valence-electron chi connectivity index (χ3n) is 3.40. The smallest absolute Gasteiger partial charge is 0.245 e. The zero-order valence-electron chi connectivity index (χ0n) is 12.3. The number of hydrogen-bond donors (Lipinski definition) is 1. The number of pyridine rings is 1. The van der Waals surface area contributed by atoms with Crippen LogP contribution in [0.2, 0.25) is 0 Å². The largest absolute Gasteiger partial charge is 0.344 e. The molecule has 1 aliphatic heterocycles. The molecule has 2 amide bonds. The summed E-state index contributed by atoms with van der Waals surface area (Å²) >= 11 is 3.38. The standard InChI is InChI=1S/C15H20BrN3O2/c1-10(2)5-13-15(21)19(4-3-14(20)18-13)9-11-6-12(16)8-17-7-11/h6-8,10,13H,3-5,9H2,1-2H3,(H,18,20). The van der Waals surface area contributed by atoms with Crippen LogP contribution in [0.5, 0.6) is 0 Å². The Balaban J connectivity index is 2.13. The van der Waals surface area contributed by atoms with Gasteiger partial charge in [0, 0.05) is 36.4 Å². The Kier molecular flexibility index (Phi) is 5.33. The minimum absolute atomic E-state index is 0.00507. The highest BCUT2D eigenvalue weighted by Crippen LogP contribution is 2.16. The second-order valence-electron chi connectivity index (χ2n) is 5.77. The van der Waals surface area contributed by atoms with Crippen LogP contribution in [0.15, 0.2) is 22.9 Å². The van der Waals surface area contributed by atoms with Crippen molar-refractivity contribution in [2.24, 2.45) is 5.92 Å². The van der Waals surface area contributed by atoms with Crippen molar-refractivity contribution in [2.75, 3.05) is 6.54 Å². The van der Waals surface area contributed by atoms with E-state index in [2.05, 4.69) is 26.2 Å². The van der Waals surface area contributed by atoms with Gasteiger partial charge in [0.15, 0.2) is 0 Å². The first-order chi connectivity index (χ1) is 9.95. The summed E-state index contributed by atoms with van der Waals surface area (Å²) in [6.45, 7) is 5.03. The summed E-state index contributed by atoms with van der Waals surface area (Å²) in [4.78, 5) is 30.2. The molecule has 6 heteroatoms. The summed E-state index contributed by atoms with van der Waals surface area (Å²) in [5.41, 5.74) is 0.954. The topological polar surface area (TPSA) is 62.3 Å². The van der Waals surface area contributed by atoms with Crippen LogP contribution in [0.25, 0.3) is 0 Å². The number of aromatic nitrogens is 1. The number of amides is 2. The molecular formula is C15H20BrN3O2. The lowest BCUT2D eigenvalue weighted by atomic mass is 10.0. The fraction of sp³-hybridized carbons (Fsp3) is 0.533. The minimum Gasteiger partial charge on any atom is -0.344 e. The number of carbonyl (C=O) groups excluding carboxylic acids is 2. The molecule has 1 unspecified atom stereocenters. The number of hydrogen-bond acceptors (Lipinski definition) is 3. The average Bonchev–Trinajstić information content (AvgIpc) is 2.52. The van der Waals surface area contributed by atoms with E-state index in [1.807, 2.05) is 19.9 Å². The highest BCUT2D eigenvalue weighted by Gasteiger charge is 2.30. The SMILES string of the molecule is CC(C)CC1NC(=O)CCN(Cc2cncc(Br)c2)C1=O. The van der Waals surface area contributed by atoms with Crippen molar-refractivity contribution >= 4 is 27.7 Å². The van der Waals surface area contributed by atoms with Crippen LogP contribution >= 0.6 is 15.9 Å². The van der Waals surface area contributed by atoms with E-state index in [0.717, 1.165) is 10.0 Å². The Morgan fingerprint density at radius 2 is 2.19 bits per heavy atom. The predicted octanol–water partition coefficient (Wildman–Crippen LogP) is 2.11. The van der Waals surface area contributed by atoms with E-state index in [0.29, 0.717) is 31.8 Å². The van der Waals surface area contributed by atoms with Crippen LogP contribution in [0.1, 0.15) is 32.3 Å². The van der Waals surface area contributed by atoms with Gasteiger partial charge in [-0.3, -0.25) is 14.6 Å². The van der Waals surface area contributed by atoms with Gasteiger partial charge in [-0.15, -0.1) is 0 Å². The maximum absolute atomic E-state index is 12.6. The Bertz CT molecular complexity index is 533. The molecule has 21 heavy (non-hydrogen) atoms. The molecule has 5 nitrogen and oxygen atoms in total. The maximum Gasteiger partial charge on any atom is 0.245 e. The molecule has 1 aromatic heterocycles. The predicted molar refractivity (Wildman–Crippen MR) is 83.4 cm³/mol. The van der Waals surface area contributed by atoms with E-state index in [9.17, 15) is 9.59 Å². The quantitative estimate of drug-likeness (QED) is 0.901. The zero-order valence-corrected chi connectivity index (χ0v) is 13.9. The summed E-state index contributed by atoms with van der Waals surface area (Å²) in [7, 11) is 0. The summed E-state index contributed by atoms with van der Waals surface area (Å²) in [5.74, 6) is 0.296. The Labute approximate surface area is 133 Å². The second kappa shape index (κ2) is 7.02. The summed E-state index contributed by atoms with van der Waals surface area (Å²) < 4.78 is 0.884. The molecule has 0 saturated carbocycles. The Morgan fingerprint density at radius 3 is 2.86 bits per heavy atom. The van der Waals surface area contributed by atoms with E-state index in [1.165, 1.54) is 0 Å². The average molecular weight is 354 g/mol. The third-order valence-corrected chi connectivity index (χ3v) is 3.83. The Morgan fingerprint density at radius 1 is 1.43 bits per heavy atom. The number of carbonyl (C=O) groups is 2. The molecule has 2 heterocycles. The highest BCUT2D eigenvalue weighted by molar-refractivity contribution is 9.10. The molecule has 0 radical (unpaired) electrons. The third kappa shape index (κ3) is 4.52. The molecule has 1 aromatic rings. The van der Waals surface area contributed by atoms with E-state index in [4.69, 9.17) is 0 Å². The van der Waals surface area contributed by atoms with Crippen LogP contribution in [0.3, 0.4) is 0 Å². The summed E-state index contributed by atoms with van der Waals surface area (Å²) in [5, 5.41) is 2.83. The number of nitrogens with one attached hydrogen (secondary N) is 1. The summed E-state index contributed by atoms with van der Waals surface area (Å²) in [6.07, 6.45) is 4.47. The van der Waals surface area contributed by atoms with E-state index >= 15 is 0 Å². The fourth-order valence-electron chi connectivity index (χ4n) is 2.45. The molecule has 0 bridgehead atoms. The molecule has 1 saturated heterocycles. The Hall–Kier alpha value is -1.43. The van der Waals surface area contributed by atoms with Gasteiger partial charge in [-0.1, -0.05) is 13.8 Å². The van der Waals surface area contributed by atoms with Crippen molar-refractivity contribution in [3.63, 3.8) is 0 Å². The molecule has 1 aliphatic rings. The van der Waals surface area contributed by atoms with Crippen LogP contribution in [0.4, 0.5) is 0 Å². The second-order valence-corrected chi connectivity index (χ2v) is 6.69. The molecule has 0 aliphatic carbocycles. The van der Waals surface area contributed by atoms with Crippen molar-refractivity contribution in [2.45, 2.75) is 39.3 Å². The van der Waals surface area contributed by atoms with Crippen LogP contribution in [0, 0.1) is 5.92 Å². The molecule has 1 N–H and O–H groups in total. The molecule has 0 aromatic carbocycles. The van der Waals surface area contributed by atoms with Gasteiger partial charge >= 0.3 is 0 Å². The first-order valence-electron chi connectivity index (χ1n) is 7.13. The van der Waals surface area contributed by atoms with Gasteiger partial charge in [0.25, 0.3) is 0 Å². The first-order valence-corrected chi connectivity index (χ1v) is 7.92. The first kappa shape index (κ1) is 15.9. The van der Waals surface area contributed by atoms with Gasteiger partial charge in [-0.05, 0) is 39.9 Å². The van der Waals surface area contributed by atoms with Gasteiger partial charge in [0.05, 0.1) is 0 Å². The molecule has 1 fully saturated rings. The minimum atomic E-state index is -0.417. The van der Waals surface area contributed by atoms with E-state index in [1.54, 1.807) is 17.3 Å². The van der Waals surface area contributed by atoms with Gasteiger partial charge in [-0.25, -0.2) is 0 Å². The van der Waals surface area contributed by atoms with E-state index in [-0.39, 0.29) is 11.8 Å². The van der Waals surface area contributed by atoms with Crippen molar-refractivity contribution < 1.29 is 9.59 Å². The maximum atomic E-state index is 12.6. The van der Waals surface area contributed by atoms with Crippen molar-refractivity contribution in [3.8, 4) is 0 Å². The van der Waals surface area contributed by atoms with Gasteiger partial charge in [-0.2, -0.15) is 0 Å². The zero-order chi connectivity index (χ0) is 15.4. The van der Waals surface area contributed by atoms with Crippen LogP contribution in [-0.4, -0.2) is 34.3 Å². The number of nitrogens with zero attached hydrogens (tertiary/aromatic N) is 2. The lowest BCUT2D eigenvalue weighted by Gasteiger charge is -2.25.